The molecule has 1 atom stereocenters. The molecule has 0 bridgehead atoms. The van der Waals surface area contributed by atoms with Gasteiger partial charge < -0.3 is 5.32 Å². The van der Waals surface area contributed by atoms with Crippen LogP contribution in [0.15, 0.2) is 48.5 Å². The summed E-state index contributed by atoms with van der Waals surface area (Å²) in [5.41, 5.74) is 4.28. The fraction of sp³-hybridized carbons (Fsp3) is 0.294. The molecule has 0 heterocycles. The molecule has 0 aliphatic heterocycles. The van der Waals surface area contributed by atoms with Crippen molar-refractivity contribution in [1.29, 1.82) is 0 Å². The molecule has 0 saturated carbocycles. The van der Waals surface area contributed by atoms with Crippen molar-refractivity contribution in [3.05, 3.63) is 70.2 Å². The van der Waals surface area contributed by atoms with Gasteiger partial charge in [0.25, 0.3) is 0 Å². The molecule has 0 fully saturated rings. The lowest BCUT2D eigenvalue weighted by atomic mass is 9.91. The van der Waals surface area contributed by atoms with Gasteiger partial charge >= 0.3 is 0 Å². The molecule has 2 aromatic rings. The summed E-state index contributed by atoms with van der Waals surface area (Å²) in [6.07, 6.45) is 2.29. The van der Waals surface area contributed by atoms with Crippen molar-refractivity contribution in [2.45, 2.75) is 18.9 Å². The summed E-state index contributed by atoms with van der Waals surface area (Å²) < 4.78 is 0. The molecule has 0 amide bonds. The molecule has 0 aromatic heterocycles. The van der Waals surface area contributed by atoms with Crippen molar-refractivity contribution in [2.75, 3.05) is 7.05 Å². The number of hydrogen-bond acceptors (Lipinski definition) is 1. The Morgan fingerprint density at radius 2 is 1.74 bits per heavy atom. The van der Waals surface area contributed by atoms with Gasteiger partial charge in [0.15, 0.2) is 0 Å². The monoisotopic (exact) mass is 271 g/mol. The smallest absolute Gasteiger partial charge is 0.0409 e. The second-order valence-corrected chi connectivity index (χ2v) is 5.69. The Morgan fingerprint density at radius 3 is 2.32 bits per heavy atom. The van der Waals surface area contributed by atoms with Crippen molar-refractivity contribution in [3.63, 3.8) is 0 Å². The third-order valence-corrected chi connectivity index (χ3v) is 4.31. The summed E-state index contributed by atoms with van der Waals surface area (Å²) in [6, 6.07) is 17.3. The van der Waals surface area contributed by atoms with Crippen LogP contribution in [0.5, 0.6) is 0 Å². The molecule has 1 nitrogen and oxygen atoms in total. The molecule has 2 heteroatoms. The van der Waals surface area contributed by atoms with Gasteiger partial charge in [-0.3, -0.25) is 0 Å². The Morgan fingerprint density at radius 1 is 1.05 bits per heavy atom. The third-order valence-electron chi connectivity index (χ3n) is 4.07. The highest BCUT2D eigenvalue weighted by atomic mass is 35.5. The average Bonchev–Trinajstić information content (AvgIpc) is 2.83. The Labute approximate surface area is 119 Å². The number of fused-ring (bicyclic) bond motifs is 1. The molecule has 0 spiro atoms. The highest BCUT2D eigenvalue weighted by molar-refractivity contribution is 6.30. The molecule has 0 radical (unpaired) electrons. The van der Waals surface area contributed by atoms with Crippen LogP contribution in [0.2, 0.25) is 5.02 Å². The van der Waals surface area contributed by atoms with Crippen LogP contribution < -0.4 is 5.32 Å². The predicted octanol–water partition coefficient (Wildman–Crippen LogP) is 4.02. The summed E-state index contributed by atoms with van der Waals surface area (Å²) in [7, 11) is 2.04. The van der Waals surface area contributed by atoms with Gasteiger partial charge in [0, 0.05) is 11.1 Å². The minimum atomic E-state index is 0.367. The van der Waals surface area contributed by atoms with E-state index in [1.54, 1.807) is 0 Å². The number of nitrogens with one attached hydrogen (secondary N) is 1. The van der Waals surface area contributed by atoms with Crippen molar-refractivity contribution in [3.8, 4) is 0 Å². The Bertz CT molecular complexity index is 554. The van der Waals surface area contributed by atoms with E-state index in [-0.39, 0.29) is 0 Å². The van der Waals surface area contributed by atoms with E-state index in [1.165, 1.54) is 16.7 Å². The fourth-order valence-electron chi connectivity index (χ4n) is 3.20. The van der Waals surface area contributed by atoms with E-state index in [2.05, 4.69) is 41.7 Å². The topological polar surface area (TPSA) is 12.0 Å². The number of rotatable bonds is 3. The molecule has 0 saturated heterocycles. The molecule has 1 unspecified atom stereocenters. The van der Waals surface area contributed by atoms with Crippen LogP contribution in [-0.2, 0) is 12.8 Å². The average molecular weight is 272 g/mol. The van der Waals surface area contributed by atoms with E-state index >= 15 is 0 Å². The molecule has 3 rings (SSSR count). The van der Waals surface area contributed by atoms with Crippen LogP contribution in [-0.4, -0.2) is 7.05 Å². The third kappa shape index (κ3) is 2.54. The summed E-state index contributed by atoms with van der Waals surface area (Å²) in [4.78, 5) is 0. The summed E-state index contributed by atoms with van der Waals surface area (Å²) in [6.45, 7) is 0. The molecule has 1 aliphatic rings. The lowest BCUT2D eigenvalue weighted by Crippen LogP contribution is -2.25. The van der Waals surface area contributed by atoms with Gasteiger partial charge in [-0.05, 0) is 54.6 Å². The Kier molecular flexibility index (Phi) is 3.58. The zero-order chi connectivity index (χ0) is 13.2. The SMILES string of the molecule is CNC(c1cccc(Cl)c1)C1Cc2ccccc2C1. The Balaban J connectivity index is 1.86. The summed E-state index contributed by atoms with van der Waals surface area (Å²) in [5.74, 6) is 0.612. The van der Waals surface area contributed by atoms with Gasteiger partial charge in [-0.2, -0.15) is 0 Å². The van der Waals surface area contributed by atoms with E-state index in [9.17, 15) is 0 Å². The first kappa shape index (κ1) is 12.7. The standard InChI is InChI=1S/C17H18ClN/c1-19-17(14-7-4-8-16(18)11-14)15-9-12-5-2-3-6-13(12)10-15/h2-8,11,15,17,19H,9-10H2,1H3. The second kappa shape index (κ2) is 5.36. The highest BCUT2D eigenvalue weighted by Gasteiger charge is 2.28. The van der Waals surface area contributed by atoms with Crippen LogP contribution in [0.25, 0.3) is 0 Å². The largest absolute Gasteiger partial charge is 0.313 e. The minimum absolute atomic E-state index is 0.367. The van der Waals surface area contributed by atoms with Crippen molar-refractivity contribution >= 4 is 11.6 Å². The summed E-state index contributed by atoms with van der Waals surface area (Å²) >= 11 is 6.11. The molecular weight excluding hydrogens is 254 g/mol. The Hall–Kier alpha value is -1.31. The molecule has 2 aromatic carbocycles. The molecule has 1 aliphatic carbocycles. The number of benzene rings is 2. The predicted molar refractivity (Wildman–Crippen MR) is 80.6 cm³/mol. The first-order valence-corrected chi connectivity index (χ1v) is 7.15. The van der Waals surface area contributed by atoms with Crippen LogP contribution in [0, 0.1) is 5.92 Å². The molecule has 98 valence electrons. The molecular formula is C17H18ClN. The van der Waals surface area contributed by atoms with Gasteiger partial charge in [0.1, 0.15) is 0 Å². The minimum Gasteiger partial charge on any atom is -0.313 e. The fourth-order valence-corrected chi connectivity index (χ4v) is 3.40. The van der Waals surface area contributed by atoms with Gasteiger partial charge in [-0.1, -0.05) is 48.0 Å². The van der Waals surface area contributed by atoms with Gasteiger partial charge in [0.05, 0.1) is 0 Å². The molecule has 1 N–H and O–H groups in total. The van der Waals surface area contributed by atoms with Crippen LogP contribution in [0.1, 0.15) is 22.7 Å². The van der Waals surface area contributed by atoms with E-state index in [4.69, 9.17) is 11.6 Å². The van der Waals surface area contributed by atoms with Crippen LogP contribution in [0.4, 0.5) is 0 Å². The highest BCUT2D eigenvalue weighted by Crippen LogP contribution is 2.35. The normalized spacial score (nSPS) is 16.3. The van der Waals surface area contributed by atoms with Gasteiger partial charge in [-0.25, -0.2) is 0 Å². The van der Waals surface area contributed by atoms with E-state index < -0.39 is 0 Å². The maximum atomic E-state index is 6.11. The lowest BCUT2D eigenvalue weighted by Gasteiger charge is -2.23. The van der Waals surface area contributed by atoms with E-state index in [0.717, 1.165) is 17.9 Å². The first-order chi connectivity index (χ1) is 9.28. The quantitative estimate of drug-likeness (QED) is 0.889. The van der Waals surface area contributed by atoms with Crippen LogP contribution in [0.3, 0.4) is 0 Å². The second-order valence-electron chi connectivity index (χ2n) is 5.26. The zero-order valence-electron chi connectivity index (χ0n) is 11.1. The lowest BCUT2D eigenvalue weighted by molar-refractivity contribution is 0.397. The zero-order valence-corrected chi connectivity index (χ0v) is 11.8. The maximum absolute atomic E-state index is 6.11. The van der Waals surface area contributed by atoms with E-state index in [1.807, 2.05) is 19.2 Å². The number of hydrogen-bond donors (Lipinski definition) is 1. The van der Waals surface area contributed by atoms with Gasteiger partial charge in [-0.15, -0.1) is 0 Å². The van der Waals surface area contributed by atoms with Crippen LogP contribution >= 0.6 is 11.6 Å². The summed E-state index contributed by atoms with van der Waals surface area (Å²) in [5, 5.41) is 4.28. The number of halogens is 1. The van der Waals surface area contributed by atoms with E-state index in [0.29, 0.717) is 12.0 Å². The van der Waals surface area contributed by atoms with Gasteiger partial charge in [0.2, 0.25) is 0 Å². The molecule has 19 heavy (non-hydrogen) atoms. The maximum Gasteiger partial charge on any atom is 0.0409 e. The van der Waals surface area contributed by atoms with Crippen molar-refractivity contribution in [2.24, 2.45) is 5.92 Å². The van der Waals surface area contributed by atoms with Crippen molar-refractivity contribution in [1.82, 2.24) is 5.32 Å². The first-order valence-electron chi connectivity index (χ1n) is 6.77. The van der Waals surface area contributed by atoms with Crippen molar-refractivity contribution < 1.29 is 0 Å².